The molecule has 1 aromatic heterocycles. The third kappa shape index (κ3) is 6.01. The fourth-order valence-electron chi connectivity index (χ4n) is 1.75. The Morgan fingerprint density at radius 2 is 2.00 bits per heavy atom. The van der Waals surface area contributed by atoms with Gasteiger partial charge in [-0.25, -0.2) is 0 Å². The first-order chi connectivity index (χ1) is 8.74. The zero-order valence-electron chi connectivity index (χ0n) is 10.9. The van der Waals surface area contributed by atoms with E-state index in [9.17, 15) is 4.79 Å². The minimum Gasteiger partial charge on any atom is -0.324 e. The summed E-state index contributed by atoms with van der Waals surface area (Å²) in [5.41, 5.74) is 0.593. The van der Waals surface area contributed by atoms with E-state index in [2.05, 4.69) is 17.2 Å². The van der Waals surface area contributed by atoms with Gasteiger partial charge in [0.05, 0.1) is 16.9 Å². The minimum atomic E-state index is 0.0143. The predicted octanol–water partition coefficient (Wildman–Crippen LogP) is 4.42. The molecule has 1 heterocycles. The maximum absolute atomic E-state index is 11.7. The van der Waals surface area contributed by atoms with Crippen molar-refractivity contribution in [2.45, 2.75) is 51.9 Å². The first-order valence-electron chi connectivity index (χ1n) is 6.63. The number of pyridine rings is 1. The van der Waals surface area contributed by atoms with Crippen molar-refractivity contribution < 1.29 is 4.79 Å². The molecule has 0 bridgehead atoms. The van der Waals surface area contributed by atoms with Crippen LogP contribution in [0.5, 0.6) is 0 Å². The van der Waals surface area contributed by atoms with Crippen LogP contribution in [0.1, 0.15) is 51.9 Å². The van der Waals surface area contributed by atoms with Crippen molar-refractivity contribution in [2.75, 3.05) is 5.32 Å². The standard InChI is InChI=1S/C14H21ClN2O/c1-2-3-4-5-6-7-8-14(18)17-13-11-16-10-9-12(13)15/h9-11H,2-8H2,1H3,(H,17,18). The van der Waals surface area contributed by atoms with Gasteiger partial charge in [0, 0.05) is 12.6 Å². The number of aromatic nitrogens is 1. The highest BCUT2D eigenvalue weighted by molar-refractivity contribution is 6.33. The molecule has 1 N–H and O–H groups in total. The number of carbonyl (C=O) groups excluding carboxylic acids is 1. The second-order valence-electron chi connectivity index (χ2n) is 4.42. The summed E-state index contributed by atoms with van der Waals surface area (Å²) < 4.78 is 0. The molecule has 0 aromatic carbocycles. The molecule has 0 spiro atoms. The highest BCUT2D eigenvalue weighted by Gasteiger charge is 2.05. The van der Waals surface area contributed by atoms with Gasteiger partial charge in [0.1, 0.15) is 0 Å². The smallest absolute Gasteiger partial charge is 0.224 e. The molecule has 0 saturated carbocycles. The fraction of sp³-hybridized carbons (Fsp3) is 0.571. The summed E-state index contributed by atoms with van der Waals surface area (Å²) in [5, 5.41) is 3.31. The Kier molecular flexibility index (Phi) is 7.42. The molecule has 0 atom stereocenters. The normalized spacial score (nSPS) is 10.3. The first-order valence-corrected chi connectivity index (χ1v) is 7.01. The van der Waals surface area contributed by atoms with Crippen LogP contribution in [0.15, 0.2) is 18.5 Å². The van der Waals surface area contributed by atoms with Crippen LogP contribution in [0.4, 0.5) is 5.69 Å². The zero-order valence-corrected chi connectivity index (χ0v) is 11.7. The average Bonchev–Trinajstić information content (AvgIpc) is 2.36. The summed E-state index contributed by atoms with van der Waals surface area (Å²) in [7, 11) is 0. The Hall–Kier alpha value is -1.09. The Bertz CT molecular complexity index is 369. The van der Waals surface area contributed by atoms with Crippen molar-refractivity contribution in [3.8, 4) is 0 Å². The Labute approximate surface area is 114 Å². The van der Waals surface area contributed by atoms with Gasteiger partial charge in [-0.05, 0) is 12.5 Å². The van der Waals surface area contributed by atoms with Crippen LogP contribution < -0.4 is 5.32 Å². The maximum atomic E-state index is 11.7. The first kappa shape index (κ1) is 15.0. The monoisotopic (exact) mass is 268 g/mol. The number of unbranched alkanes of at least 4 members (excludes halogenated alkanes) is 5. The van der Waals surface area contributed by atoms with Gasteiger partial charge in [0.15, 0.2) is 0 Å². The van der Waals surface area contributed by atoms with Crippen LogP contribution in [-0.2, 0) is 4.79 Å². The number of hydrogen-bond donors (Lipinski definition) is 1. The maximum Gasteiger partial charge on any atom is 0.224 e. The van der Waals surface area contributed by atoms with Crippen LogP contribution in [0, 0.1) is 0 Å². The van der Waals surface area contributed by atoms with Gasteiger partial charge in [0.2, 0.25) is 5.91 Å². The predicted molar refractivity (Wildman–Crippen MR) is 75.9 cm³/mol. The van der Waals surface area contributed by atoms with Gasteiger partial charge in [0.25, 0.3) is 0 Å². The van der Waals surface area contributed by atoms with E-state index in [1.807, 2.05) is 0 Å². The number of rotatable bonds is 8. The van der Waals surface area contributed by atoms with E-state index in [0.717, 1.165) is 12.8 Å². The Balaban J connectivity index is 2.16. The van der Waals surface area contributed by atoms with Crippen molar-refractivity contribution in [1.82, 2.24) is 4.98 Å². The molecule has 1 aromatic rings. The number of carbonyl (C=O) groups is 1. The van der Waals surface area contributed by atoms with Gasteiger partial charge in [-0.2, -0.15) is 0 Å². The molecule has 0 saturated heterocycles. The summed E-state index contributed by atoms with van der Waals surface area (Å²) in [5.74, 6) is 0.0143. The van der Waals surface area contributed by atoms with E-state index in [1.165, 1.54) is 25.7 Å². The third-order valence-electron chi connectivity index (χ3n) is 2.80. The van der Waals surface area contributed by atoms with Crippen molar-refractivity contribution >= 4 is 23.2 Å². The SMILES string of the molecule is CCCCCCCCC(=O)Nc1cnccc1Cl. The van der Waals surface area contributed by atoms with Crippen molar-refractivity contribution in [3.05, 3.63) is 23.5 Å². The van der Waals surface area contributed by atoms with Gasteiger partial charge in [-0.15, -0.1) is 0 Å². The number of hydrogen-bond acceptors (Lipinski definition) is 2. The van der Waals surface area contributed by atoms with E-state index < -0.39 is 0 Å². The van der Waals surface area contributed by atoms with E-state index in [0.29, 0.717) is 17.1 Å². The molecule has 0 aliphatic heterocycles. The third-order valence-corrected chi connectivity index (χ3v) is 3.13. The molecule has 4 heteroatoms. The molecule has 18 heavy (non-hydrogen) atoms. The van der Waals surface area contributed by atoms with E-state index >= 15 is 0 Å². The molecule has 0 aliphatic rings. The highest BCUT2D eigenvalue weighted by Crippen LogP contribution is 2.19. The molecular formula is C14H21ClN2O. The zero-order chi connectivity index (χ0) is 13.2. The van der Waals surface area contributed by atoms with Crippen molar-refractivity contribution in [3.63, 3.8) is 0 Å². The summed E-state index contributed by atoms with van der Waals surface area (Å²) >= 11 is 5.93. The summed E-state index contributed by atoms with van der Waals surface area (Å²) in [4.78, 5) is 15.6. The van der Waals surface area contributed by atoms with Crippen LogP contribution in [0.3, 0.4) is 0 Å². The second kappa shape index (κ2) is 8.92. The lowest BCUT2D eigenvalue weighted by molar-refractivity contribution is -0.116. The molecule has 100 valence electrons. The van der Waals surface area contributed by atoms with Crippen molar-refractivity contribution in [2.24, 2.45) is 0 Å². The number of anilines is 1. The van der Waals surface area contributed by atoms with Gasteiger partial charge < -0.3 is 5.32 Å². The van der Waals surface area contributed by atoms with Gasteiger partial charge in [-0.3, -0.25) is 9.78 Å². The van der Waals surface area contributed by atoms with E-state index in [1.54, 1.807) is 18.5 Å². The average molecular weight is 269 g/mol. The molecule has 0 radical (unpaired) electrons. The summed E-state index contributed by atoms with van der Waals surface area (Å²) in [6, 6.07) is 1.67. The minimum absolute atomic E-state index is 0.0143. The lowest BCUT2D eigenvalue weighted by Gasteiger charge is -2.06. The van der Waals surface area contributed by atoms with E-state index in [4.69, 9.17) is 11.6 Å². The summed E-state index contributed by atoms with van der Waals surface area (Å²) in [6.45, 7) is 2.20. The fourth-order valence-corrected chi connectivity index (χ4v) is 1.90. The van der Waals surface area contributed by atoms with Crippen molar-refractivity contribution in [1.29, 1.82) is 0 Å². The molecule has 0 aliphatic carbocycles. The van der Waals surface area contributed by atoms with Crippen LogP contribution in [-0.4, -0.2) is 10.9 Å². The second-order valence-corrected chi connectivity index (χ2v) is 4.83. The molecule has 1 amide bonds. The molecule has 0 fully saturated rings. The number of nitrogens with zero attached hydrogens (tertiary/aromatic N) is 1. The molecular weight excluding hydrogens is 248 g/mol. The van der Waals surface area contributed by atoms with Crippen LogP contribution in [0.2, 0.25) is 5.02 Å². The van der Waals surface area contributed by atoms with Gasteiger partial charge >= 0.3 is 0 Å². The quantitative estimate of drug-likeness (QED) is 0.709. The molecule has 0 unspecified atom stereocenters. The lowest BCUT2D eigenvalue weighted by atomic mass is 10.1. The molecule has 3 nitrogen and oxygen atoms in total. The number of nitrogens with one attached hydrogen (secondary N) is 1. The lowest BCUT2D eigenvalue weighted by Crippen LogP contribution is -2.11. The topological polar surface area (TPSA) is 42.0 Å². The number of amides is 1. The van der Waals surface area contributed by atoms with E-state index in [-0.39, 0.29) is 5.91 Å². The van der Waals surface area contributed by atoms with Crippen LogP contribution in [0.25, 0.3) is 0 Å². The highest BCUT2D eigenvalue weighted by atomic mass is 35.5. The molecule has 1 rings (SSSR count). The van der Waals surface area contributed by atoms with Crippen LogP contribution >= 0.6 is 11.6 Å². The summed E-state index contributed by atoms with van der Waals surface area (Å²) in [6.07, 6.45) is 10.8. The Morgan fingerprint density at radius 3 is 2.72 bits per heavy atom. The van der Waals surface area contributed by atoms with Gasteiger partial charge in [-0.1, -0.05) is 50.6 Å². The number of halogens is 1. The Morgan fingerprint density at radius 1 is 1.28 bits per heavy atom. The largest absolute Gasteiger partial charge is 0.324 e.